The first-order valence-corrected chi connectivity index (χ1v) is 10.6. The number of hydrogen-bond acceptors (Lipinski definition) is 3. The first-order valence-electron chi connectivity index (χ1n) is 10.6. The Morgan fingerprint density at radius 3 is 2.33 bits per heavy atom. The van der Waals surface area contributed by atoms with Gasteiger partial charge in [-0.15, -0.1) is 0 Å². The fourth-order valence-corrected chi connectivity index (χ4v) is 3.19. The molecule has 5 heteroatoms. The Labute approximate surface area is 180 Å². The van der Waals surface area contributed by atoms with Gasteiger partial charge in [0, 0.05) is 19.0 Å². The number of carbonyl (C=O) groups is 2. The Balaban J connectivity index is 1.99. The average Bonchev–Trinajstić information content (AvgIpc) is 2.69. The number of carbonyl (C=O) groups excluding carboxylic acids is 2. The zero-order valence-corrected chi connectivity index (χ0v) is 18.8. The van der Waals surface area contributed by atoms with Gasteiger partial charge in [0.1, 0.15) is 11.8 Å². The number of ether oxygens (including phenoxy) is 1. The van der Waals surface area contributed by atoms with E-state index in [0.29, 0.717) is 26.0 Å². The molecule has 0 aliphatic heterocycles. The second kappa shape index (κ2) is 11.4. The lowest BCUT2D eigenvalue weighted by atomic mass is 10.1. The quantitative estimate of drug-likeness (QED) is 0.591. The van der Waals surface area contributed by atoms with Crippen LogP contribution in [0.1, 0.15) is 50.3 Å². The molecule has 0 radical (unpaired) electrons. The van der Waals surface area contributed by atoms with Crippen LogP contribution in [0.25, 0.3) is 0 Å². The van der Waals surface area contributed by atoms with Gasteiger partial charge in [0.15, 0.2) is 0 Å². The monoisotopic (exact) mass is 410 g/mol. The molecule has 0 heterocycles. The van der Waals surface area contributed by atoms with Crippen LogP contribution in [0.5, 0.6) is 5.75 Å². The Bertz CT molecular complexity index is 831. The minimum absolute atomic E-state index is 0.0266. The van der Waals surface area contributed by atoms with Crippen LogP contribution in [0.4, 0.5) is 0 Å². The van der Waals surface area contributed by atoms with Gasteiger partial charge < -0.3 is 15.0 Å². The summed E-state index contributed by atoms with van der Waals surface area (Å²) in [6.45, 7) is 10.5. The van der Waals surface area contributed by atoms with Crippen LogP contribution in [0.2, 0.25) is 0 Å². The molecule has 2 amide bonds. The summed E-state index contributed by atoms with van der Waals surface area (Å²) < 4.78 is 5.74. The maximum atomic E-state index is 13.0. The molecule has 0 saturated carbocycles. The van der Waals surface area contributed by atoms with Crippen LogP contribution in [0, 0.1) is 13.8 Å². The van der Waals surface area contributed by atoms with Gasteiger partial charge in [0.2, 0.25) is 11.8 Å². The van der Waals surface area contributed by atoms with Crippen molar-refractivity contribution in [3.8, 4) is 5.75 Å². The second-order valence-corrected chi connectivity index (χ2v) is 8.12. The van der Waals surface area contributed by atoms with E-state index in [0.717, 1.165) is 16.9 Å². The molecule has 162 valence electrons. The summed E-state index contributed by atoms with van der Waals surface area (Å²) in [5.74, 6) is 0.617. The lowest BCUT2D eigenvalue weighted by Gasteiger charge is -2.29. The highest BCUT2D eigenvalue weighted by Crippen LogP contribution is 2.15. The molecule has 2 aromatic carbocycles. The van der Waals surface area contributed by atoms with Crippen molar-refractivity contribution in [2.45, 2.75) is 66.1 Å². The minimum atomic E-state index is -0.543. The molecule has 0 aromatic heterocycles. The average molecular weight is 411 g/mol. The number of rotatable bonds is 10. The summed E-state index contributed by atoms with van der Waals surface area (Å²) in [4.78, 5) is 27.2. The van der Waals surface area contributed by atoms with Crippen molar-refractivity contribution < 1.29 is 14.3 Å². The second-order valence-electron chi connectivity index (χ2n) is 8.12. The number of hydrogen-bond donors (Lipinski definition) is 1. The highest BCUT2D eigenvalue weighted by atomic mass is 16.5. The van der Waals surface area contributed by atoms with E-state index in [1.165, 1.54) is 5.56 Å². The van der Waals surface area contributed by atoms with Crippen molar-refractivity contribution in [1.29, 1.82) is 0 Å². The van der Waals surface area contributed by atoms with E-state index < -0.39 is 6.04 Å². The first-order chi connectivity index (χ1) is 14.3. The Kier molecular flexibility index (Phi) is 8.90. The largest absolute Gasteiger partial charge is 0.494 e. The van der Waals surface area contributed by atoms with E-state index in [1.54, 1.807) is 11.8 Å². The minimum Gasteiger partial charge on any atom is -0.494 e. The van der Waals surface area contributed by atoms with Crippen LogP contribution in [0.3, 0.4) is 0 Å². The molecule has 0 aliphatic carbocycles. The van der Waals surface area contributed by atoms with Crippen LogP contribution >= 0.6 is 0 Å². The van der Waals surface area contributed by atoms with Crippen LogP contribution in [0.15, 0.2) is 48.5 Å². The molecule has 1 N–H and O–H groups in total. The fraction of sp³-hybridized carbons (Fsp3) is 0.440. The lowest BCUT2D eigenvalue weighted by molar-refractivity contribution is -0.141. The van der Waals surface area contributed by atoms with Crippen LogP contribution < -0.4 is 10.1 Å². The lowest BCUT2D eigenvalue weighted by Crippen LogP contribution is -2.49. The van der Waals surface area contributed by atoms with Crippen molar-refractivity contribution >= 4 is 11.8 Å². The molecule has 0 unspecified atom stereocenters. The van der Waals surface area contributed by atoms with Gasteiger partial charge in [-0.3, -0.25) is 9.59 Å². The van der Waals surface area contributed by atoms with E-state index in [-0.39, 0.29) is 17.9 Å². The molecule has 1 atom stereocenters. The summed E-state index contributed by atoms with van der Waals surface area (Å²) in [5, 5.41) is 2.91. The number of nitrogens with zero attached hydrogens (tertiary/aromatic N) is 1. The fourth-order valence-electron chi connectivity index (χ4n) is 3.19. The normalized spacial score (nSPS) is 11.8. The van der Waals surface area contributed by atoms with Crippen molar-refractivity contribution in [3.63, 3.8) is 0 Å². The van der Waals surface area contributed by atoms with Crippen molar-refractivity contribution in [1.82, 2.24) is 10.2 Å². The molecular weight excluding hydrogens is 376 g/mol. The van der Waals surface area contributed by atoms with Gasteiger partial charge in [-0.05, 0) is 58.7 Å². The number of nitrogens with one attached hydrogen (secondary N) is 1. The molecule has 0 bridgehead atoms. The zero-order chi connectivity index (χ0) is 22.1. The molecule has 0 fully saturated rings. The van der Waals surface area contributed by atoms with Crippen molar-refractivity contribution in [2.24, 2.45) is 0 Å². The third kappa shape index (κ3) is 7.54. The SMILES string of the molecule is Cc1ccc(OCCCC(=O)N(Cc2cccc(C)c2)[C@@H](C)C(=O)NC(C)C)cc1. The smallest absolute Gasteiger partial charge is 0.242 e. The Morgan fingerprint density at radius 2 is 1.70 bits per heavy atom. The predicted molar refractivity (Wildman–Crippen MR) is 120 cm³/mol. The highest BCUT2D eigenvalue weighted by Gasteiger charge is 2.26. The summed E-state index contributed by atoms with van der Waals surface area (Å²) >= 11 is 0. The van der Waals surface area contributed by atoms with Gasteiger partial charge in [-0.25, -0.2) is 0 Å². The summed E-state index contributed by atoms with van der Waals surface area (Å²) in [7, 11) is 0. The van der Waals surface area contributed by atoms with E-state index in [9.17, 15) is 9.59 Å². The van der Waals surface area contributed by atoms with Gasteiger partial charge in [-0.2, -0.15) is 0 Å². The third-order valence-corrected chi connectivity index (χ3v) is 4.86. The maximum absolute atomic E-state index is 13.0. The molecule has 2 aromatic rings. The van der Waals surface area contributed by atoms with Crippen LogP contribution in [-0.2, 0) is 16.1 Å². The topological polar surface area (TPSA) is 58.6 Å². The highest BCUT2D eigenvalue weighted by molar-refractivity contribution is 5.87. The van der Waals surface area contributed by atoms with Crippen molar-refractivity contribution in [2.75, 3.05) is 6.61 Å². The number of amides is 2. The van der Waals surface area contributed by atoms with Gasteiger partial charge in [-0.1, -0.05) is 47.5 Å². The Morgan fingerprint density at radius 1 is 1.00 bits per heavy atom. The summed E-state index contributed by atoms with van der Waals surface area (Å²) in [6.07, 6.45) is 0.923. The van der Waals surface area contributed by atoms with Gasteiger partial charge in [0.05, 0.1) is 6.61 Å². The number of benzene rings is 2. The van der Waals surface area contributed by atoms with Gasteiger partial charge in [0.25, 0.3) is 0 Å². The molecule has 2 rings (SSSR count). The molecular formula is C25H34N2O3. The van der Waals surface area contributed by atoms with E-state index in [1.807, 2.05) is 76.2 Å². The summed E-state index contributed by atoms with van der Waals surface area (Å²) in [5.41, 5.74) is 3.33. The number of aryl methyl sites for hydroxylation is 2. The standard InChI is InChI=1S/C25H34N2O3/c1-18(2)26-25(29)21(5)27(17-22-9-6-8-20(4)16-22)24(28)10-7-15-30-23-13-11-19(3)12-14-23/h6,8-9,11-14,16,18,21H,7,10,15,17H2,1-5H3,(H,26,29)/t21-/m0/s1. The molecule has 30 heavy (non-hydrogen) atoms. The molecule has 0 spiro atoms. The first kappa shape index (κ1) is 23.5. The third-order valence-electron chi connectivity index (χ3n) is 4.86. The maximum Gasteiger partial charge on any atom is 0.242 e. The van der Waals surface area contributed by atoms with Gasteiger partial charge >= 0.3 is 0 Å². The predicted octanol–water partition coefficient (Wildman–Crippen LogP) is 4.40. The summed E-state index contributed by atoms with van der Waals surface area (Å²) in [6, 6.07) is 15.4. The zero-order valence-electron chi connectivity index (χ0n) is 18.8. The van der Waals surface area contributed by atoms with E-state index >= 15 is 0 Å². The molecule has 5 nitrogen and oxygen atoms in total. The van der Waals surface area contributed by atoms with E-state index in [4.69, 9.17) is 4.74 Å². The van der Waals surface area contributed by atoms with Crippen LogP contribution in [-0.4, -0.2) is 35.4 Å². The van der Waals surface area contributed by atoms with Crippen molar-refractivity contribution in [3.05, 3.63) is 65.2 Å². The molecule has 0 aliphatic rings. The Hall–Kier alpha value is -2.82. The van der Waals surface area contributed by atoms with E-state index in [2.05, 4.69) is 5.32 Å². The molecule has 0 saturated heterocycles.